The van der Waals surface area contributed by atoms with Gasteiger partial charge in [0.15, 0.2) is 5.82 Å². The summed E-state index contributed by atoms with van der Waals surface area (Å²) in [4.78, 5) is 27.3. The van der Waals surface area contributed by atoms with E-state index in [-0.39, 0.29) is 23.3 Å². The number of hydrogen-bond acceptors (Lipinski definition) is 3. The van der Waals surface area contributed by atoms with Gasteiger partial charge < -0.3 is 5.32 Å². The van der Waals surface area contributed by atoms with Crippen LogP contribution in [0.3, 0.4) is 0 Å². The first kappa shape index (κ1) is 8.96. The number of anilines is 1. The maximum atomic E-state index is 11.3. The fourth-order valence-electron chi connectivity index (χ4n) is 1.18. The number of pyridine rings is 1. The molecule has 0 spiro atoms. The molecule has 1 aliphatic heterocycles. The molecular formula is C8H6ClN3O2. The summed E-state index contributed by atoms with van der Waals surface area (Å²) in [6.07, 6.45) is 1.47. The third kappa shape index (κ3) is 1.31. The third-order valence-electron chi connectivity index (χ3n) is 1.79. The highest BCUT2D eigenvalue weighted by molar-refractivity contribution is 6.35. The molecule has 72 valence electrons. The molecule has 1 N–H and O–H groups in total. The van der Waals surface area contributed by atoms with Crippen molar-refractivity contribution in [2.75, 3.05) is 11.4 Å². The van der Waals surface area contributed by atoms with Gasteiger partial charge in [0.05, 0.1) is 11.6 Å². The highest BCUT2D eigenvalue weighted by Crippen LogP contribution is 2.23. The predicted molar refractivity (Wildman–Crippen MR) is 50.1 cm³/mol. The van der Waals surface area contributed by atoms with E-state index in [0.29, 0.717) is 0 Å². The molecule has 6 heteroatoms. The molecule has 1 aromatic heterocycles. The molecule has 0 radical (unpaired) electrons. The summed E-state index contributed by atoms with van der Waals surface area (Å²) in [5.74, 6) is -0.176. The van der Waals surface area contributed by atoms with Gasteiger partial charge in [-0.05, 0) is 12.1 Å². The normalized spacial score (nSPS) is 15.9. The fraction of sp³-hybridized carbons (Fsp3) is 0.125. The number of amides is 3. The van der Waals surface area contributed by atoms with Gasteiger partial charge in [0, 0.05) is 6.20 Å². The van der Waals surface area contributed by atoms with Crippen LogP contribution in [0.15, 0.2) is 18.3 Å². The van der Waals surface area contributed by atoms with Crippen LogP contribution in [-0.4, -0.2) is 23.5 Å². The van der Waals surface area contributed by atoms with E-state index in [2.05, 4.69) is 10.3 Å². The van der Waals surface area contributed by atoms with Crippen molar-refractivity contribution in [2.24, 2.45) is 0 Å². The first-order valence-electron chi connectivity index (χ1n) is 3.91. The number of urea groups is 1. The standard InChI is InChI=1S/C8H6ClN3O2/c9-5-2-1-3-10-7(5)12-6(13)4-11-8(12)14/h1-3H,4H2,(H,11,14). The molecule has 14 heavy (non-hydrogen) atoms. The maximum absolute atomic E-state index is 11.3. The Bertz CT molecular complexity index is 391. The van der Waals surface area contributed by atoms with Crippen molar-refractivity contribution in [1.29, 1.82) is 0 Å². The molecule has 1 fully saturated rings. The Morgan fingerprint density at radius 3 is 2.86 bits per heavy atom. The zero-order chi connectivity index (χ0) is 10.1. The number of halogens is 1. The molecule has 0 aliphatic carbocycles. The van der Waals surface area contributed by atoms with Crippen LogP contribution in [0.5, 0.6) is 0 Å². The van der Waals surface area contributed by atoms with Crippen molar-refractivity contribution in [3.05, 3.63) is 23.4 Å². The number of aromatic nitrogens is 1. The van der Waals surface area contributed by atoms with Crippen molar-refractivity contribution >= 4 is 29.4 Å². The average molecular weight is 212 g/mol. The van der Waals surface area contributed by atoms with E-state index in [4.69, 9.17) is 11.6 Å². The lowest BCUT2D eigenvalue weighted by atomic mass is 10.4. The predicted octanol–water partition coefficient (Wildman–Crippen LogP) is 0.791. The molecule has 1 saturated heterocycles. The van der Waals surface area contributed by atoms with E-state index in [1.54, 1.807) is 12.1 Å². The minimum atomic E-state index is -0.490. The van der Waals surface area contributed by atoms with Gasteiger partial charge in [0.2, 0.25) is 0 Å². The molecule has 0 aromatic carbocycles. The van der Waals surface area contributed by atoms with Crippen LogP contribution in [0, 0.1) is 0 Å². The van der Waals surface area contributed by atoms with Crippen molar-refractivity contribution in [3.63, 3.8) is 0 Å². The number of hydrogen-bond donors (Lipinski definition) is 1. The Morgan fingerprint density at radius 1 is 1.50 bits per heavy atom. The Labute approximate surface area is 84.7 Å². The van der Waals surface area contributed by atoms with Gasteiger partial charge in [-0.2, -0.15) is 0 Å². The molecule has 1 aliphatic rings. The van der Waals surface area contributed by atoms with Gasteiger partial charge in [0.1, 0.15) is 0 Å². The van der Waals surface area contributed by atoms with Gasteiger partial charge in [0.25, 0.3) is 5.91 Å². The van der Waals surface area contributed by atoms with E-state index < -0.39 is 6.03 Å². The number of nitrogens with one attached hydrogen (secondary N) is 1. The topological polar surface area (TPSA) is 62.3 Å². The van der Waals surface area contributed by atoms with E-state index in [0.717, 1.165) is 4.90 Å². The number of carbonyl (C=O) groups excluding carboxylic acids is 2. The number of nitrogens with zero attached hydrogens (tertiary/aromatic N) is 2. The van der Waals surface area contributed by atoms with Gasteiger partial charge in [-0.15, -0.1) is 0 Å². The van der Waals surface area contributed by atoms with Gasteiger partial charge in [-0.3, -0.25) is 4.79 Å². The summed E-state index contributed by atoms with van der Waals surface area (Å²) in [5, 5.41) is 2.66. The summed E-state index contributed by atoms with van der Waals surface area (Å²) in [6, 6.07) is 2.71. The lowest BCUT2D eigenvalue weighted by Crippen LogP contribution is -2.31. The van der Waals surface area contributed by atoms with Crippen LogP contribution in [0.25, 0.3) is 0 Å². The second-order valence-corrected chi connectivity index (χ2v) is 3.10. The van der Waals surface area contributed by atoms with Gasteiger partial charge in [-0.1, -0.05) is 11.6 Å². The molecule has 0 bridgehead atoms. The lowest BCUT2D eigenvalue weighted by Gasteiger charge is -2.11. The Kier molecular flexibility index (Phi) is 2.09. The molecule has 5 nitrogen and oxygen atoms in total. The van der Waals surface area contributed by atoms with Crippen LogP contribution in [0.4, 0.5) is 10.6 Å². The molecule has 0 unspecified atom stereocenters. The second-order valence-electron chi connectivity index (χ2n) is 2.70. The van der Waals surface area contributed by atoms with Crippen LogP contribution in [0.2, 0.25) is 5.02 Å². The molecule has 2 heterocycles. The Hall–Kier alpha value is -1.62. The maximum Gasteiger partial charge on any atom is 0.330 e. The fourth-order valence-corrected chi connectivity index (χ4v) is 1.38. The second kappa shape index (κ2) is 3.26. The van der Waals surface area contributed by atoms with Gasteiger partial charge >= 0.3 is 6.03 Å². The molecule has 2 rings (SSSR count). The van der Waals surface area contributed by atoms with Crippen molar-refractivity contribution in [2.45, 2.75) is 0 Å². The minimum Gasteiger partial charge on any atom is -0.328 e. The first-order chi connectivity index (χ1) is 6.70. The monoisotopic (exact) mass is 211 g/mol. The highest BCUT2D eigenvalue weighted by Gasteiger charge is 2.32. The Morgan fingerprint density at radius 2 is 2.29 bits per heavy atom. The summed E-state index contributed by atoms with van der Waals surface area (Å²) >= 11 is 5.80. The molecule has 0 atom stereocenters. The van der Waals surface area contributed by atoms with Crippen molar-refractivity contribution in [1.82, 2.24) is 10.3 Å². The average Bonchev–Trinajstić information content (AvgIpc) is 2.48. The molecular weight excluding hydrogens is 206 g/mol. The smallest absolute Gasteiger partial charge is 0.328 e. The number of imide groups is 1. The molecule has 0 saturated carbocycles. The van der Waals surface area contributed by atoms with Crippen molar-refractivity contribution in [3.8, 4) is 0 Å². The summed E-state index contributed by atoms with van der Waals surface area (Å²) in [5.41, 5.74) is 0. The van der Waals surface area contributed by atoms with E-state index in [9.17, 15) is 9.59 Å². The van der Waals surface area contributed by atoms with Gasteiger partial charge in [-0.25, -0.2) is 14.7 Å². The highest BCUT2D eigenvalue weighted by atomic mass is 35.5. The van der Waals surface area contributed by atoms with Crippen LogP contribution < -0.4 is 10.2 Å². The quantitative estimate of drug-likeness (QED) is 0.699. The summed E-state index contributed by atoms with van der Waals surface area (Å²) in [7, 11) is 0. The number of carbonyl (C=O) groups is 2. The Balaban J connectivity index is 2.44. The van der Waals surface area contributed by atoms with Crippen molar-refractivity contribution < 1.29 is 9.59 Å². The van der Waals surface area contributed by atoms with E-state index in [1.807, 2.05) is 0 Å². The SMILES string of the molecule is O=C1CNC(=O)N1c1ncccc1Cl. The van der Waals surface area contributed by atoms with E-state index >= 15 is 0 Å². The van der Waals surface area contributed by atoms with Crippen LogP contribution >= 0.6 is 11.6 Å². The van der Waals surface area contributed by atoms with Crippen LogP contribution in [-0.2, 0) is 4.79 Å². The van der Waals surface area contributed by atoms with Crippen LogP contribution in [0.1, 0.15) is 0 Å². The number of rotatable bonds is 1. The lowest BCUT2D eigenvalue weighted by molar-refractivity contribution is -0.115. The zero-order valence-corrected chi connectivity index (χ0v) is 7.78. The first-order valence-corrected chi connectivity index (χ1v) is 4.29. The molecule has 3 amide bonds. The van der Waals surface area contributed by atoms with E-state index in [1.165, 1.54) is 6.20 Å². The summed E-state index contributed by atoms with van der Waals surface area (Å²) < 4.78 is 0. The minimum absolute atomic E-state index is 0.00820. The summed E-state index contributed by atoms with van der Waals surface area (Å²) in [6.45, 7) is -0.00820. The zero-order valence-electron chi connectivity index (χ0n) is 7.03. The third-order valence-corrected chi connectivity index (χ3v) is 2.09. The molecule has 1 aromatic rings. The largest absolute Gasteiger partial charge is 0.330 e.